The molecule has 2 saturated heterocycles. The van der Waals surface area contributed by atoms with Crippen LogP contribution in [-0.2, 0) is 11.3 Å². The number of piperidine rings is 1. The van der Waals surface area contributed by atoms with E-state index in [0.29, 0.717) is 11.8 Å². The van der Waals surface area contributed by atoms with Crippen LogP contribution in [0.4, 0.5) is 10.5 Å². The number of nitrogens with zero attached hydrogens (tertiary/aromatic N) is 3. The molecule has 2 aliphatic heterocycles. The maximum atomic E-state index is 12.9. The number of aromatic nitrogens is 2. The molecule has 0 radical (unpaired) electrons. The van der Waals surface area contributed by atoms with Crippen LogP contribution in [0.3, 0.4) is 0 Å². The average molecular weight is 411 g/mol. The molecule has 1 aromatic heterocycles. The Hall–Kier alpha value is -2.34. The van der Waals surface area contributed by atoms with Crippen LogP contribution in [0.1, 0.15) is 54.2 Å². The highest BCUT2D eigenvalue weighted by Crippen LogP contribution is 2.29. The Morgan fingerprint density at radius 3 is 2.73 bits per heavy atom. The van der Waals surface area contributed by atoms with Crippen molar-refractivity contribution in [3.8, 4) is 0 Å². The number of imidazole rings is 1. The second kappa shape index (κ2) is 9.21. The van der Waals surface area contributed by atoms with E-state index in [4.69, 9.17) is 9.72 Å². The molecule has 6 heteroatoms. The van der Waals surface area contributed by atoms with Crippen LogP contribution in [0.5, 0.6) is 0 Å². The molecule has 30 heavy (non-hydrogen) atoms. The van der Waals surface area contributed by atoms with E-state index in [2.05, 4.69) is 36.7 Å². The lowest BCUT2D eigenvalue weighted by Crippen LogP contribution is -2.43. The first-order valence-corrected chi connectivity index (χ1v) is 11.2. The Kier molecular flexibility index (Phi) is 6.42. The van der Waals surface area contributed by atoms with Gasteiger partial charge in [0.25, 0.3) is 0 Å². The standard InChI is InChI=1S/C24H34N4O2/c1-17-6-7-22(13-18(17)2)26-24(29)27-10-4-5-20(15-27)16-28-19(3)14-25-23(28)21-8-11-30-12-9-21/h6-7,13-14,20-21H,4-5,8-12,15-16H2,1-3H3,(H,26,29). The van der Waals surface area contributed by atoms with Gasteiger partial charge in [-0.1, -0.05) is 6.07 Å². The predicted molar refractivity (Wildman–Crippen MR) is 119 cm³/mol. The summed E-state index contributed by atoms with van der Waals surface area (Å²) in [6.07, 6.45) is 6.29. The van der Waals surface area contributed by atoms with Gasteiger partial charge >= 0.3 is 6.03 Å². The third kappa shape index (κ3) is 4.69. The molecule has 162 valence electrons. The smallest absolute Gasteiger partial charge is 0.321 e. The van der Waals surface area contributed by atoms with Gasteiger partial charge in [-0.3, -0.25) is 0 Å². The molecule has 3 heterocycles. The fraction of sp³-hybridized carbons (Fsp3) is 0.583. The van der Waals surface area contributed by atoms with Crippen molar-refractivity contribution in [3.63, 3.8) is 0 Å². The maximum absolute atomic E-state index is 12.9. The van der Waals surface area contributed by atoms with Gasteiger partial charge in [0.05, 0.1) is 0 Å². The molecule has 2 fully saturated rings. The number of nitrogens with one attached hydrogen (secondary N) is 1. The number of ether oxygens (including phenoxy) is 1. The molecule has 1 atom stereocenters. The minimum Gasteiger partial charge on any atom is -0.381 e. The van der Waals surface area contributed by atoms with Crippen LogP contribution in [0, 0.1) is 26.7 Å². The predicted octanol–water partition coefficient (Wildman–Crippen LogP) is 4.65. The molecule has 0 saturated carbocycles. The largest absolute Gasteiger partial charge is 0.381 e. The summed E-state index contributed by atoms with van der Waals surface area (Å²) in [5, 5.41) is 3.09. The normalized spacial score (nSPS) is 20.4. The summed E-state index contributed by atoms with van der Waals surface area (Å²) in [6, 6.07) is 6.10. The van der Waals surface area contributed by atoms with Gasteiger partial charge in [-0.05, 0) is 75.6 Å². The Labute approximate surface area is 179 Å². The lowest BCUT2D eigenvalue weighted by atomic mass is 9.96. The summed E-state index contributed by atoms with van der Waals surface area (Å²) in [5.41, 5.74) is 4.52. The van der Waals surface area contributed by atoms with Gasteiger partial charge in [-0.2, -0.15) is 0 Å². The molecule has 2 aliphatic rings. The Bertz CT molecular complexity index is 885. The summed E-state index contributed by atoms with van der Waals surface area (Å²) in [5.74, 6) is 2.14. The topological polar surface area (TPSA) is 59.4 Å². The van der Waals surface area contributed by atoms with Crippen LogP contribution in [0.2, 0.25) is 0 Å². The SMILES string of the molecule is Cc1ccc(NC(=O)N2CCCC(Cn3c(C)cnc3C3CCOCC3)C2)cc1C. The zero-order valence-electron chi connectivity index (χ0n) is 18.5. The van der Waals surface area contributed by atoms with Crippen LogP contribution in [0.15, 0.2) is 24.4 Å². The van der Waals surface area contributed by atoms with E-state index >= 15 is 0 Å². The van der Waals surface area contributed by atoms with Crippen LogP contribution < -0.4 is 5.32 Å². The van der Waals surface area contributed by atoms with Crippen molar-refractivity contribution in [1.29, 1.82) is 0 Å². The molecule has 1 unspecified atom stereocenters. The molecule has 0 bridgehead atoms. The molecular weight excluding hydrogens is 376 g/mol. The van der Waals surface area contributed by atoms with E-state index in [1.165, 1.54) is 22.6 Å². The van der Waals surface area contributed by atoms with Gasteiger partial charge in [0.2, 0.25) is 0 Å². The van der Waals surface area contributed by atoms with Gasteiger partial charge < -0.3 is 19.5 Å². The zero-order valence-corrected chi connectivity index (χ0v) is 18.5. The minimum absolute atomic E-state index is 0.00922. The molecule has 1 N–H and O–H groups in total. The maximum Gasteiger partial charge on any atom is 0.321 e. The summed E-state index contributed by atoms with van der Waals surface area (Å²) in [6.45, 7) is 10.5. The lowest BCUT2D eigenvalue weighted by Gasteiger charge is -2.34. The zero-order chi connectivity index (χ0) is 21.1. The number of hydrogen-bond acceptors (Lipinski definition) is 3. The number of carbonyl (C=O) groups excluding carboxylic acids is 1. The van der Waals surface area contributed by atoms with Gasteiger partial charge in [-0.15, -0.1) is 0 Å². The number of rotatable bonds is 4. The molecule has 1 aromatic carbocycles. The van der Waals surface area contributed by atoms with E-state index < -0.39 is 0 Å². The number of urea groups is 1. The van der Waals surface area contributed by atoms with Crippen LogP contribution in [0.25, 0.3) is 0 Å². The van der Waals surface area contributed by atoms with E-state index in [1.54, 1.807) is 0 Å². The third-order valence-corrected chi connectivity index (χ3v) is 6.68. The second-order valence-electron chi connectivity index (χ2n) is 8.94. The van der Waals surface area contributed by atoms with Crippen molar-refractivity contribution >= 4 is 11.7 Å². The van der Waals surface area contributed by atoms with Gasteiger partial charge in [-0.25, -0.2) is 9.78 Å². The lowest BCUT2D eigenvalue weighted by molar-refractivity contribution is 0.0823. The second-order valence-corrected chi connectivity index (χ2v) is 8.94. The highest BCUT2D eigenvalue weighted by atomic mass is 16.5. The van der Waals surface area contributed by atoms with Gasteiger partial charge in [0.15, 0.2) is 0 Å². The number of aryl methyl sites for hydroxylation is 3. The fourth-order valence-electron chi connectivity index (χ4n) is 4.68. The van der Waals surface area contributed by atoms with Gasteiger partial charge in [0.1, 0.15) is 5.82 Å². The molecule has 0 aliphatic carbocycles. The molecule has 6 nitrogen and oxygen atoms in total. The first-order valence-electron chi connectivity index (χ1n) is 11.2. The van der Waals surface area contributed by atoms with Gasteiger partial charge in [0, 0.05) is 56.3 Å². The van der Waals surface area contributed by atoms with Crippen molar-refractivity contribution < 1.29 is 9.53 Å². The van der Waals surface area contributed by atoms with Crippen molar-refractivity contribution in [3.05, 3.63) is 47.0 Å². The number of amides is 2. The monoisotopic (exact) mass is 410 g/mol. The molecule has 2 amide bonds. The summed E-state index contributed by atoms with van der Waals surface area (Å²) in [4.78, 5) is 19.6. The number of hydrogen-bond donors (Lipinski definition) is 1. The van der Waals surface area contributed by atoms with Crippen molar-refractivity contribution in [1.82, 2.24) is 14.5 Å². The average Bonchev–Trinajstić information content (AvgIpc) is 3.12. The van der Waals surface area contributed by atoms with Crippen molar-refractivity contribution in [2.24, 2.45) is 5.92 Å². The first-order chi connectivity index (χ1) is 14.5. The number of likely N-dealkylation sites (tertiary alicyclic amines) is 1. The molecule has 4 rings (SSSR count). The number of anilines is 1. The Balaban J connectivity index is 1.40. The summed E-state index contributed by atoms with van der Waals surface area (Å²) in [7, 11) is 0. The van der Waals surface area contributed by atoms with Crippen LogP contribution in [-0.4, -0.2) is 46.8 Å². The quantitative estimate of drug-likeness (QED) is 0.798. The minimum atomic E-state index is 0.00922. The number of carbonyl (C=O) groups is 1. The van der Waals surface area contributed by atoms with Crippen molar-refractivity contribution in [2.45, 2.75) is 58.9 Å². The van der Waals surface area contributed by atoms with E-state index in [9.17, 15) is 4.79 Å². The first kappa shape index (κ1) is 20.9. The molecular formula is C24H34N4O2. The third-order valence-electron chi connectivity index (χ3n) is 6.68. The molecule has 2 aromatic rings. The summed E-state index contributed by atoms with van der Waals surface area (Å²) < 4.78 is 7.93. The van der Waals surface area contributed by atoms with E-state index in [1.807, 2.05) is 23.2 Å². The Morgan fingerprint density at radius 2 is 1.97 bits per heavy atom. The van der Waals surface area contributed by atoms with E-state index in [0.717, 1.165) is 64.2 Å². The molecule has 0 spiro atoms. The van der Waals surface area contributed by atoms with Crippen molar-refractivity contribution in [2.75, 3.05) is 31.6 Å². The number of benzene rings is 1. The fourth-order valence-corrected chi connectivity index (χ4v) is 4.68. The Morgan fingerprint density at radius 1 is 1.17 bits per heavy atom. The van der Waals surface area contributed by atoms with Crippen LogP contribution >= 0.6 is 0 Å². The van der Waals surface area contributed by atoms with E-state index in [-0.39, 0.29) is 6.03 Å². The highest BCUT2D eigenvalue weighted by molar-refractivity contribution is 5.89. The highest BCUT2D eigenvalue weighted by Gasteiger charge is 2.27. The summed E-state index contributed by atoms with van der Waals surface area (Å²) >= 11 is 0.